The van der Waals surface area contributed by atoms with E-state index in [1.165, 1.54) is 4.90 Å². The molecule has 0 radical (unpaired) electrons. The van der Waals surface area contributed by atoms with Gasteiger partial charge in [0.2, 0.25) is 21.8 Å². The molecule has 180 valence electrons. The number of nitrogens with one attached hydrogen (secondary N) is 1. The van der Waals surface area contributed by atoms with E-state index in [9.17, 15) is 18.0 Å². The number of sulfonamides is 1. The minimum atomic E-state index is -3.79. The molecule has 0 saturated carbocycles. The Kier molecular flexibility index (Phi) is 9.13. The monoisotopic (exact) mass is 495 g/mol. The van der Waals surface area contributed by atoms with Crippen LogP contribution in [0.3, 0.4) is 0 Å². The number of aryl methyl sites for hydroxylation is 1. The van der Waals surface area contributed by atoms with Crippen LogP contribution in [-0.4, -0.2) is 57.6 Å². The van der Waals surface area contributed by atoms with E-state index in [1.807, 2.05) is 0 Å². The van der Waals surface area contributed by atoms with E-state index >= 15 is 0 Å². The normalized spacial score (nSPS) is 12.1. The van der Waals surface area contributed by atoms with Gasteiger partial charge in [-0.15, -0.1) is 0 Å². The molecule has 0 aliphatic heterocycles. The number of hydrogen-bond acceptors (Lipinski definition) is 5. The summed E-state index contributed by atoms with van der Waals surface area (Å²) in [5, 5.41) is 3.18. The second kappa shape index (κ2) is 11.4. The molecule has 0 aliphatic rings. The Labute approximate surface area is 200 Å². The number of anilines is 1. The van der Waals surface area contributed by atoms with E-state index in [4.69, 9.17) is 16.3 Å². The van der Waals surface area contributed by atoms with Crippen LogP contribution in [-0.2, 0) is 26.2 Å². The van der Waals surface area contributed by atoms with Gasteiger partial charge in [-0.05, 0) is 62.2 Å². The Morgan fingerprint density at radius 1 is 1.15 bits per heavy atom. The van der Waals surface area contributed by atoms with Gasteiger partial charge in [0.15, 0.2) is 0 Å². The summed E-state index contributed by atoms with van der Waals surface area (Å²) in [5.74, 6) is -0.174. The minimum absolute atomic E-state index is 0.123. The lowest BCUT2D eigenvalue weighted by Crippen LogP contribution is -2.51. The fourth-order valence-corrected chi connectivity index (χ4v) is 4.46. The number of rotatable bonds is 10. The first kappa shape index (κ1) is 26.5. The first-order valence-electron chi connectivity index (χ1n) is 10.4. The Hall–Kier alpha value is -2.78. The van der Waals surface area contributed by atoms with Crippen molar-refractivity contribution < 1.29 is 22.7 Å². The van der Waals surface area contributed by atoms with Crippen LogP contribution in [0.4, 0.5) is 5.69 Å². The van der Waals surface area contributed by atoms with Crippen molar-refractivity contribution in [3.63, 3.8) is 0 Å². The molecule has 0 aliphatic carbocycles. The van der Waals surface area contributed by atoms with Gasteiger partial charge < -0.3 is 15.0 Å². The number of benzene rings is 2. The third-order valence-electron chi connectivity index (χ3n) is 5.14. The van der Waals surface area contributed by atoms with Crippen molar-refractivity contribution in [1.29, 1.82) is 0 Å². The number of likely N-dealkylation sites (N-methyl/N-ethyl adjacent to an activating group) is 1. The van der Waals surface area contributed by atoms with Gasteiger partial charge in [0.25, 0.3) is 0 Å². The maximum atomic E-state index is 13.4. The molecule has 0 bridgehead atoms. The fourth-order valence-electron chi connectivity index (χ4n) is 3.33. The number of carbonyl (C=O) groups is 2. The zero-order valence-corrected chi connectivity index (χ0v) is 21.0. The zero-order chi connectivity index (χ0) is 24.8. The Balaban J connectivity index is 2.40. The molecule has 10 heteroatoms. The molecule has 2 aromatic carbocycles. The molecule has 8 nitrogen and oxygen atoms in total. The summed E-state index contributed by atoms with van der Waals surface area (Å²) < 4.78 is 31.4. The number of amides is 2. The van der Waals surface area contributed by atoms with Crippen LogP contribution < -0.4 is 14.4 Å². The van der Waals surface area contributed by atoms with Crippen molar-refractivity contribution in [3.8, 4) is 5.75 Å². The van der Waals surface area contributed by atoms with Gasteiger partial charge in [0, 0.05) is 18.1 Å². The predicted molar refractivity (Wildman–Crippen MR) is 130 cm³/mol. The molecule has 0 fully saturated rings. The van der Waals surface area contributed by atoms with Gasteiger partial charge in [-0.25, -0.2) is 8.42 Å². The first-order chi connectivity index (χ1) is 15.5. The second-order valence-electron chi connectivity index (χ2n) is 7.64. The highest BCUT2D eigenvalue weighted by molar-refractivity contribution is 7.92. The van der Waals surface area contributed by atoms with Crippen molar-refractivity contribution in [3.05, 3.63) is 58.6 Å². The molecular formula is C23H30ClN3O5S. The van der Waals surface area contributed by atoms with Crippen molar-refractivity contribution in [2.75, 3.05) is 30.8 Å². The third kappa shape index (κ3) is 7.10. The topological polar surface area (TPSA) is 96.0 Å². The van der Waals surface area contributed by atoms with Crippen LogP contribution in [0.15, 0.2) is 42.5 Å². The summed E-state index contributed by atoms with van der Waals surface area (Å²) in [6.07, 6.45) is 1.04. The summed E-state index contributed by atoms with van der Waals surface area (Å²) >= 11 is 6.01. The minimum Gasteiger partial charge on any atom is -0.497 e. The molecular weight excluding hydrogens is 466 g/mol. The van der Waals surface area contributed by atoms with Gasteiger partial charge >= 0.3 is 0 Å². The van der Waals surface area contributed by atoms with Crippen LogP contribution in [0.2, 0.25) is 5.02 Å². The summed E-state index contributed by atoms with van der Waals surface area (Å²) in [7, 11) is -2.24. The number of ether oxygens (including phenoxy) is 1. The molecule has 1 N–H and O–H groups in total. The largest absolute Gasteiger partial charge is 0.497 e. The molecule has 33 heavy (non-hydrogen) atoms. The Morgan fingerprint density at radius 3 is 2.30 bits per heavy atom. The lowest BCUT2D eigenvalue weighted by molar-refractivity contribution is -0.139. The standard InChI is InChI=1S/C23H30ClN3O5S/c1-6-25-23(29)17(3)26(14-18-7-10-20(32-4)11-8-18)22(28)15-27(33(5,30)31)21-12-9-19(24)13-16(21)2/h7-13,17H,6,14-15H2,1-5H3,(H,25,29)/t17-/m0/s1. The highest BCUT2D eigenvalue weighted by Gasteiger charge is 2.30. The summed E-state index contributed by atoms with van der Waals surface area (Å²) in [5.41, 5.74) is 1.73. The van der Waals surface area contributed by atoms with Crippen LogP contribution >= 0.6 is 11.6 Å². The molecule has 2 aromatic rings. The van der Waals surface area contributed by atoms with E-state index in [0.29, 0.717) is 28.6 Å². The maximum absolute atomic E-state index is 13.4. The van der Waals surface area contributed by atoms with Gasteiger partial charge in [0.1, 0.15) is 18.3 Å². The molecule has 2 rings (SSSR count). The quantitative estimate of drug-likeness (QED) is 0.546. The SMILES string of the molecule is CCNC(=O)[C@H](C)N(Cc1ccc(OC)cc1)C(=O)CN(c1ccc(Cl)cc1C)S(C)(=O)=O. The number of halogens is 1. The van der Waals surface area contributed by atoms with Gasteiger partial charge in [-0.1, -0.05) is 23.7 Å². The van der Waals surface area contributed by atoms with Crippen LogP contribution in [0.5, 0.6) is 5.75 Å². The number of carbonyl (C=O) groups excluding carboxylic acids is 2. The summed E-state index contributed by atoms with van der Waals surface area (Å²) in [6.45, 7) is 5.20. The molecule has 1 atom stereocenters. The highest BCUT2D eigenvalue weighted by Crippen LogP contribution is 2.26. The van der Waals surface area contributed by atoms with Crippen LogP contribution in [0.1, 0.15) is 25.0 Å². The molecule has 0 saturated heterocycles. The van der Waals surface area contributed by atoms with Crippen LogP contribution in [0, 0.1) is 6.92 Å². The van der Waals surface area contributed by atoms with E-state index in [0.717, 1.165) is 16.1 Å². The highest BCUT2D eigenvalue weighted by atomic mass is 35.5. The smallest absolute Gasteiger partial charge is 0.244 e. The predicted octanol–water partition coefficient (Wildman–Crippen LogP) is 2.98. The second-order valence-corrected chi connectivity index (χ2v) is 9.98. The molecule has 0 unspecified atom stereocenters. The lowest BCUT2D eigenvalue weighted by Gasteiger charge is -2.32. The molecule has 0 spiro atoms. The summed E-state index contributed by atoms with van der Waals surface area (Å²) in [6, 6.07) is 11.1. The van der Waals surface area contributed by atoms with E-state index in [-0.39, 0.29) is 12.5 Å². The molecule has 0 heterocycles. The molecule has 2 amide bonds. The van der Waals surface area contributed by atoms with Gasteiger partial charge in [0.05, 0.1) is 19.1 Å². The van der Waals surface area contributed by atoms with Crippen molar-refractivity contribution in [1.82, 2.24) is 10.2 Å². The zero-order valence-electron chi connectivity index (χ0n) is 19.5. The first-order valence-corrected chi connectivity index (χ1v) is 12.6. The molecule has 0 aromatic heterocycles. The summed E-state index contributed by atoms with van der Waals surface area (Å²) in [4.78, 5) is 27.3. The van der Waals surface area contributed by atoms with Crippen LogP contribution in [0.25, 0.3) is 0 Å². The number of hydrogen-bond donors (Lipinski definition) is 1. The van der Waals surface area contributed by atoms with E-state index in [2.05, 4.69) is 5.32 Å². The van der Waals surface area contributed by atoms with E-state index in [1.54, 1.807) is 70.3 Å². The number of methoxy groups -OCH3 is 1. The van der Waals surface area contributed by atoms with Gasteiger partial charge in [-0.3, -0.25) is 13.9 Å². The number of nitrogens with zero attached hydrogens (tertiary/aromatic N) is 2. The Bertz CT molecular complexity index is 1090. The average Bonchev–Trinajstić information content (AvgIpc) is 2.75. The fraction of sp³-hybridized carbons (Fsp3) is 0.391. The van der Waals surface area contributed by atoms with Crippen molar-refractivity contribution in [2.24, 2.45) is 0 Å². The van der Waals surface area contributed by atoms with Crippen molar-refractivity contribution >= 4 is 39.1 Å². The van der Waals surface area contributed by atoms with E-state index < -0.39 is 28.5 Å². The average molecular weight is 496 g/mol. The van der Waals surface area contributed by atoms with Gasteiger partial charge in [-0.2, -0.15) is 0 Å². The maximum Gasteiger partial charge on any atom is 0.244 e. The lowest BCUT2D eigenvalue weighted by atomic mass is 10.1. The van der Waals surface area contributed by atoms with Crippen molar-refractivity contribution in [2.45, 2.75) is 33.4 Å². The Morgan fingerprint density at radius 2 is 1.79 bits per heavy atom. The third-order valence-corrected chi connectivity index (χ3v) is 6.50.